The number of hydrogen-bond acceptors (Lipinski definition) is 16. The van der Waals surface area contributed by atoms with Gasteiger partial charge in [-0.15, -0.1) is 0 Å². The molecule has 394 valence electrons. The first-order valence-electron chi connectivity index (χ1n) is 24.0. The number of nitrogens with zero attached hydrogens (tertiary/aromatic N) is 3. The average Bonchev–Trinajstić information content (AvgIpc) is 4.13. The molecule has 0 bridgehead atoms. The Morgan fingerprint density at radius 2 is 1.55 bits per heavy atom. The summed E-state index contributed by atoms with van der Waals surface area (Å²) in [7, 11) is 0. The summed E-state index contributed by atoms with van der Waals surface area (Å²) in [6, 6.07) is 10.8. The molecule has 24 nitrogen and oxygen atoms in total. The summed E-state index contributed by atoms with van der Waals surface area (Å²) in [4.78, 5) is 133. The predicted molar refractivity (Wildman–Crippen MR) is 262 cm³/mol. The van der Waals surface area contributed by atoms with Crippen LogP contribution in [0.3, 0.4) is 0 Å². The topological polar surface area (TPSA) is 321 Å². The van der Waals surface area contributed by atoms with Gasteiger partial charge in [-0.3, -0.25) is 48.1 Å². The molecule has 2 aromatic carbocycles. The van der Waals surface area contributed by atoms with E-state index in [0.717, 1.165) is 4.90 Å². The molecule has 0 unspecified atom stereocenters. The van der Waals surface area contributed by atoms with Gasteiger partial charge in [0.15, 0.2) is 17.1 Å². The molecule has 7 N–H and O–H groups in total. The largest absolute Gasteiger partial charge is 0.458 e. The van der Waals surface area contributed by atoms with E-state index in [1.54, 1.807) is 49.4 Å². The van der Waals surface area contributed by atoms with E-state index in [1.807, 2.05) is 0 Å². The van der Waals surface area contributed by atoms with E-state index in [0.29, 0.717) is 64.0 Å². The van der Waals surface area contributed by atoms with Gasteiger partial charge in [-0.1, -0.05) is 55.3 Å². The number of carbonyl (C=O) groups excluding carboxylic acids is 9. The summed E-state index contributed by atoms with van der Waals surface area (Å²) in [6.07, 6.45) is 4.05. The highest BCUT2D eigenvalue weighted by molar-refractivity contribution is 6.37. The van der Waals surface area contributed by atoms with Gasteiger partial charge in [-0.05, 0) is 36.5 Å². The summed E-state index contributed by atoms with van der Waals surface area (Å²) < 4.78 is 23.3. The van der Waals surface area contributed by atoms with E-state index in [2.05, 4.69) is 31.9 Å². The van der Waals surface area contributed by atoms with Crippen molar-refractivity contribution in [2.75, 3.05) is 46.3 Å². The Morgan fingerprint density at radius 1 is 0.827 bits per heavy atom. The van der Waals surface area contributed by atoms with E-state index in [1.165, 1.54) is 16.7 Å². The lowest BCUT2D eigenvalue weighted by molar-refractivity contribution is -0.172. The molecular weight excluding hydrogens is 1000 g/mol. The smallest absolute Gasteiger partial charge is 0.343 e. The van der Waals surface area contributed by atoms with Crippen LogP contribution in [0.25, 0.3) is 22.3 Å². The second kappa shape index (κ2) is 23.3. The van der Waals surface area contributed by atoms with Crippen molar-refractivity contribution in [3.05, 3.63) is 97.8 Å². The Balaban J connectivity index is 0.797. The summed E-state index contributed by atoms with van der Waals surface area (Å²) in [5, 5.41) is 27.0. The molecule has 75 heavy (non-hydrogen) atoms. The van der Waals surface area contributed by atoms with Crippen molar-refractivity contribution in [2.24, 2.45) is 0 Å². The molecule has 6 heterocycles. The monoisotopic (exact) mass is 1050 g/mol. The number of ether oxygens (including phenoxy) is 4. The van der Waals surface area contributed by atoms with Crippen molar-refractivity contribution in [1.29, 1.82) is 0 Å². The van der Waals surface area contributed by atoms with E-state index in [4.69, 9.17) is 35.5 Å². The number of halogens is 1. The number of esters is 1. The van der Waals surface area contributed by atoms with Crippen LogP contribution < -0.4 is 46.9 Å². The molecule has 2 aromatic heterocycles. The Hall–Kier alpha value is -8.22. The third kappa shape index (κ3) is 11.9. The third-order valence-electron chi connectivity index (χ3n) is 12.9. The lowest BCUT2D eigenvalue weighted by Gasteiger charge is -2.31. The fourth-order valence-electron chi connectivity index (χ4n) is 8.90. The Kier molecular flexibility index (Phi) is 16.5. The molecule has 8 rings (SSSR count). The summed E-state index contributed by atoms with van der Waals surface area (Å²) in [5.41, 5.74) is 0.497. The molecule has 0 spiro atoms. The number of pyridine rings is 2. The van der Waals surface area contributed by atoms with E-state index in [9.17, 15) is 53.1 Å². The zero-order valence-electron chi connectivity index (χ0n) is 40.5. The molecule has 2 atom stereocenters. The van der Waals surface area contributed by atoms with Gasteiger partial charge >= 0.3 is 5.97 Å². The van der Waals surface area contributed by atoms with E-state index < -0.39 is 91.6 Å². The quantitative estimate of drug-likeness (QED) is 0.0192. The number of aromatic nitrogens is 2. The molecule has 0 saturated carbocycles. The first-order valence-corrected chi connectivity index (χ1v) is 24.3. The first-order chi connectivity index (χ1) is 36.1. The van der Waals surface area contributed by atoms with Gasteiger partial charge in [0.05, 0.1) is 53.7 Å². The van der Waals surface area contributed by atoms with Gasteiger partial charge in [0.2, 0.25) is 42.2 Å². The first kappa shape index (κ1) is 53.1. The summed E-state index contributed by atoms with van der Waals surface area (Å²) >= 11 is 6.89. The van der Waals surface area contributed by atoms with Crippen LogP contribution in [-0.2, 0) is 84.3 Å². The number of unbranched alkanes of at least 4 members (excludes halogenated alkanes) is 2. The second-order valence-electron chi connectivity index (χ2n) is 17.8. The van der Waals surface area contributed by atoms with Crippen LogP contribution in [0, 0.1) is 0 Å². The van der Waals surface area contributed by atoms with Crippen LogP contribution in [-0.4, -0.2) is 125 Å². The van der Waals surface area contributed by atoms with Gasteiger partial charge in [-0.25, -0.2) is 9.78 Å². The number of fused-ring (bicyclic) bond motifs is 6. The number of nitrogens with one attached hydrogen (secondary N) is 6. The van der Waals surface area contributed by atoms with Crippen molar-refractivity contribution in [3.8, 4) is 22.9 Å². The zero-order chi connectivity index (χ0) is 53.4. The number of aliphatic hydroxyl groups is 1. The lowest BCUT2D eigenvalue weighted by atomic mass is 9.86. The number of rotatable bonds is 23. The zero-order valence-corrected chi connectivity index (χ0v) is 41.2. The number of carbonyl (C=O) groups is 9. The normalized spacial score (nSPS) is 16.1. The summed E-state index contributed by atoms with van der Waals surface area (Å²) in [5.74, 6) is -4.79. The molecule has 0 saturated heterocycles. The minimum Gasteiger partial charge on any atom is -0.458 e. The molecule has 4 aliphatic rings. The van der Waals surface area contributed by atoms with Crippen molar-refractivity contribution >= 4 is 75.7 Å². The van der Waals surface area contributed by atoms with Crippen molar-refractivity contribution in [3.63, 3.8) is 0 Å². The fraction of sp³-hybridized carbons (Fsp3) is 0.380. The second-order valence-corrected chi connectivity index (χ2v) is 18.1. The predicted octanol–water partition coefficient (Wildman–Crippen LogP) is -0.270. The molecule has 4 aromatic rings. The minimum absolute atomic E-state index is 0.00721. The van der Waals surface area contributed by atoms with Gasteiger partial charge < -0.3 is 60.5 Å². The highest BCUT2D eigenvalue weighted by atomic mass is 35.5. The minimum atomic E-state index is -2.05. The Labute approximate surface area is 431 Å². The average molecular weight is 1050 g/mol. The van der Waals surface area contributed by atoms with Gasteiger partial charge in [0.1, 0.15) is 26.0 Å². The maximum absolute atomic E-state index is 13.9. The molecule has 0 radical (unpaired) electrons. The van der Waals surface area contributed by atoms with Crippen molar-refractivity contribution < 1.29 is 67.2 Å². The molecule has 0 fully saturated rings. The van der Waals surface area contributed by atoms with Crippen molar-refractivity contribution in [2.45, 2.75) is 76.8 Å². The molecular formula is C50H52ClN9O15. The SMILES string of the molecule is CC[C@@]1(O)C(=O)OCc2c1cc1n(c2=O)Cc2c-1nc1cc3c(c(Cl)c1c2CNC(=O)COCNC(=O)CNC(=O)[C@H](Cc1ccccc1)NC(=O)CNC(=O)CNC(=O)CCCCCN1C(=O)C=CC1=O)OCO3. The molecule has 0 aliphatic carbocycles. The number of amides is 8. The summed E-state index contributed by atoms with van der Waals surface area (Å²) in [6.45, 7) is -1.10. The van der Waals surface area contributed by atoms with Gasteiger partial charge in [0, 0.05) is 60.7 Å². The lowest BCUT2D eigenvalue weighted by Crippen LogP contribution is -2.52. The van der Waals surface area contributed by atoms with Crippen LogP contribution in [0.2, 0.25) is 5.02 Å². The molecule has 4 aliphatic heterocycles. The van der Waals surface area contributed by atoms with Crippen LogP contribution in [0.4, 0.5) is 0 Å². The maximum Gasteiger partial charge on any atom is 0.343 e. The van der Waals surface area contributed by atoms with Gasteiger partial charge in [0.25, 0.3) is 17.4 Å². The molecule has 8 amide bonds. The number of cyclic esters (lactones) is 1. The number of benzene rings is 2. The molecule has 25 heteroatoms. The third-order valence-corrected chi connectivity index (χ3v) is 13.2. The van der Waals surface area contributed by atoms with Crippen LogP contribution in [0.15, 0.2) is 59.4 Å². The highest BCUT2D eigenvalue weighted by Crippen LogP contribution is 2.48. The number of hydrogen-bond donors (Lipinski definition) is 7. The van der Waals surface area contributed by atoms with Crippen LogP contribution in [0.5, 0.6) is 11.5 Å². The Morgan fingerprint density at radius 3 is 2.31 bits per heavy atom. The maximum atomic E-state index is 13.9. The highest BCUT2D eigenvalue weighted by Gasteiger charge is 2.46. The standard InChI is InChI=1S/C50H52ClN9O15/c1-2-50(71)31-16-34-45-29(22-60(34)48(69)30(31)23-73-49(50)70)28(43-32(58-45)17-35-46(44(43)51)75-26-74-35)18-52-40(65)24-72-25-56-38(63)20-55-47(68)33(15-27-9-5-3-6-10-27)57-39(64)21-54-37(62)19-53-36(61)11-7-4-8-14-59-41(66)12-13-42(59)67/h3,5-6,9-10,12-13,16-17,33,71H,2,4,7-8,11,14-15,18-26H2,1H3,(H,52,65)(H,53,61)(H,54,62)(H,55,68)(H,56,63)(H,57,64)/t33-,50-/m0/s1. The number of imide groups is 1. The van der Waals surface area contributed by atoms with Crippen LogP contribution >= 0.6 is 11.6 Å². The van der Waals surface area contributed by atoms with Gasteiger partial charge in [-0.2, -0.15) is 0 Å². The van der Waals surface area contributed by atoms with Crippen molar-refractivity contribution in [1.82, 2.24) is 46.4 Å². The van der Waals surface area contributed by atoms with E-state index >= 15 is 0 Å². The van der Waals surface area contributed by atoms with E-state index in [-0.39, 0.29) is 86.0 Å². The Bertz CT molecular complexity index is 3070. The fourth-order valence-corrected chi connectivity index (χ4v) is 9.26. The van der Waals surface area contributed by atoms with Crippen LogP contribution in [0.1, 0.15) is 66.8 Å².